The van der Waals surface area contributed by atoms with Crippen LogP contribution in [0.15, 0.2) is 58.4 Å². The Kier molecular flexibility index (Phi) is 6.23. The molecule has 24 heavy (non-hydrogen) atoms. The van der Waals surface area contributed by atoms with E-state index in [1.54, 1.807) is 11.3 Å². The van der Waals surface area contributed by atoms with Crippen molar-refractivity contribution in [3.63, 3.8) is 0 Å². The lowest BCUT2D eigenvalue weighted by molar-refractivity contribution is 0.590. The second kappa shape index (κ2) is 7.81. The molecule has 0 bridgehead atoms. The summed E-state index contributed by atoms with van der Waals surface area (Å²) in [7, 11) is 0. The van der Waals surface area contributed by atoms with Crippen molar-refractivity contribution in [3.05, 3.63) is 63.9 Å². The molecular formula is C19H20Br2N2S. The molecule has 3 rings (SSSR count). The first-order chi connectivity index (χ1) is 10.9. The molecule has 1 heterocycles. The number of rotatable bonds is 3. The van der Waals surface area contributed by atoms with E-state index in [0.717, 1.165) is 26.5 Å². The molecule has 126 valence electrons. The van der Waals surface area contributed by atoms with Crippen LogP contribution in [0.3, 0.4) is 0 Å². The van der Waals surface area contributed by atoms with Crippen LogP contribution in [0.2, 0.25) is 0 Å². The lowest BCUT2D eigenvalue weighted by Crippen LogP contribution is -2.10. The summed E-state index contributed by atoms with van der Waals surface area (Å²) in [6.07, 6.45) is 0. The summed E-state index contributed by atoms with van der Waals surface area (Å²) >= 11 is 5.10. The third kappa shape index (κ3) is 4.68. The number of hydrogen-bond donors (Lipinski definition) is 1. The maximum atomic E-state index is 4.69. The second-order valence-corrected chi connectivity index (χ2v) is 8.27. The monoisotopic (exact) mass is 466 g/mol. The van der Waals surface area contributed by atoms with Crippen LogP contribution >= 0.6 is 44.2 Å². The molecule has 1 aromatic heterocycles. The van der Waals surface area contributed by atoms with E-state index in [4.69, 9.17) is 0 Å². The quantitative estimate of drug-likeness (QED) is 0.440. The van der Waals surface area contributed by atoms with Crippen molar-refractivity contribution >= 4 is 55.1 Å². The van der Waals surface area contributed by atoms with Gasteiger partial charge in [-0.15, -0.1) is 28.3 Å². The summed E-state index contributed by atoms with van der Waals surface area (Å²) in [5.41, 5.74) is 4.70. The summed E-state index contributed by atoms with van der Waals surface area (Å²) in [6.45, 7) is 6.68. The lowest BCUT2D eigenvalue weighted by atomic mass is 9.86. The lowest BCUT2D eigenvalue weighted by Gasteiger charge is -2.18. The average Bonchev–Trinajstić information content (AvgIpc) is 2.95. The minimum atomic E-state index is 0. The number of halogens is 2. The molecule has 2 nitrogen and oxygen atoms in total. The molecule has 2 aromatic carbocycles. The number of nitrogens with one attached hydrogen (secondary N) is 1. The minimum Gasteiger partial charge on any atom is -0.332 e. The van der Waals surface area contributed by atoms with Crippen molar-refractivity contribution in [2.45, 2.75) is 26.2 Å². The number of hydrogen-bond acceptors (Lipinski definition) is 3. The first-order valence-corrected chi connectivity index (χ1v) is 9.18. The Morgan fingerprint density at radius 3 is 2.38 bits per heavy atom. The summed E-state index contributed by atoms with van der Waals surface area (Å²) in [5, 5.41) is 6.34. The highest BCUT2D eigenvalue weighted by Gasteiger charge is 2.13. The van der Waals surface area contributed by atoms with Gasteiger partial charge in [0.15, 0.2) is 5.13 Å². The number of thiazole rings is 1. The van der Waals surface area contributed by atoms with Gasteiger partial charge in [-0.25, -0.2) is 4.98 Å². The van der Waals surface area contributed by atoms with E-state index in [1.165, 1.54) is 5.56 Å². The Balaban J connectivity index is 0.00000208. The first kappa shape index (κ1) is 19.2. The van der Waals surface area contributed by atoms with Gasteiger partial charge in [-0.1, -0.05) is 67.0 Å². The van der Waals surface area contributed by atoms with Crippen LogP contribution in [-0.4, -0.2) is 4.98 Å². The highest BCUT2D eigenvalue weighted by atomic mass is 79.9. The molecule has 0 aliphatic carbocycles. The number of nitrogens with zero attached hydrogens (tertiary/aromatic N) is 1. The topological polar surface area (TPSA) is 24.9 Å². The van der Waals surface area contributed by atoms with Crippen molar-refractivity contribution in [2.24, 2.45) is 0 Å². The molecule has 1 N–H and O–H groups in total. The first-order valence-electron chi connectivity index (χ1n) is 7.51. The van der Waals surface area contributed by atoms with Crippen molar-refractivity contribution in [1.29, 1.82) is 0 Å². The van der Waals surface area contributed by atoms with Crippen molar-refractivity contribution in [2.75, 3.05) is 5.32 Å². The number of aromatic nitrogens is 1. The minimum absolute atomic E-state index is 0. The van der Waals surface area contributed by atoms with Crippen LogP contribution in [0.4, 0.5) is 10.8 Å². The summed E-state index contributed by atoms with van der Waals surface area (Å²) in [6, 6.07) is 16.8. The Morgan fingerprint density at radius 2 is 1.75 bits per heavy atom. The molecule has 0 atom stereocenters. The molecule has 0 radical (unpaired) electrons. The molecular weight excluding hydrogens is 448 g/mol. The van der Waals surface area contributed by atoms with Gasteiger partial charge in [0.1, 0.15) is 0 Å². The third-order valence-electron chi connectivity index (χ3n) is 3.63. The van der Waals surface area contributed by atoms with Gasteiger partial charge in [0.25, 0.3) is 0 Å². The molecule has 5 heteroatoms. The van der Waals surface area contributed by atoms with E-state index < -0.39 is 0 Å². The molecule has 3 aromatic rings. The van der Waals surface area contributed by atoms with Gasteiger partial charge in [-0.2, -0.15) is 0 Å². The third-order valence-corrected chi connectivity index (χ3v) is 4.88. The zero-order valence-corrected chi connectivity index (χ0v) is 18.0. The predicted octanol–water partition coefficient (Wildman–Crippen LogP) is 7.19. The summed E-state index contributed by atoms with van der Waals surface area (Å²) < 4.78 is 1.05. The fraction of sp³-hybridized carbons (Fsp3) is 0.211. The van der Waals surface area contributed by atoms with Crippen LogP contribution in [0.5, 0.6) is 0 Å². The molecule has 0 spiro atoms. The molecule has 0 aliphatic heterocycles. The van der Waals surface area contributed by atoms with E-state index in [1.807, 2.05) is 24.3 Å². The van der Waals surface area contributed by atoms with Gasteiger partial charge in [0.2, 0.25) is 0 Å². The van der Waals surface area contributed by atoms with E-state index in [9.17, 15) is 0 Å². The van der Waals surface area contributed by atoms with Crippen LogP contribution in [-0.2, 0) is 5.41 Å². The molecule has 0 aliphatic rings. The Bertz CT molecular complexity index is 805. The zero-order chi connectivity index (χ0) is 16.4. The standard InChI is InChI=1S/C19H19BrN2S.BrH/c1-19(2,3)14-9-7-13(8-10-14)17-12-23-18(22-17)21-16-6-4-5-15(20)11-16;/h4-12H,1-3H3,(H,21,22);1H. The maximum Gasteiger partial charge on any atom is 0.187 e. The fourth-order valence-electron chi connectivity index (χ4n) is 2.29. The molecule has 0 fully saturated rings. The number of benzene rings is 2. The Labute approximate surface area is 166 Å². The molecule has 0 unspecified atom stereocenters. The van der Waals surface area contributed by atoms with Crippen LogP contribution in [0.1, 0.15) is 26.3 Å². The molecule has 0 saturated heterocycles. The SMILES string of the molecule is Br.CC(C)(C)c1ccc(-c2csc(Nc3cccc(Br)c3)n2)cc1. The van der Waals surface area contributed by atoms with Gasteiger partial charge < -0.3 is 5.32 Å². The zero-order valence-electron chi connectivity index (χ0n) is 13.8. The van der Waals surface area contributed by atoms with E-state index in [2.05, 4.69) is 76.6 Å². The van der Waals surface area contributed by atoms with Gasteiger partial charge >= 0.3 is 0 Å². The second-order valence-electron chi connectivity index (χ2n) is 6.50. The Morgan fingerprint density at radius 1 is 1.04 bits per heavy atom. The van der Waals surface area contributed by atoms with Crippen LogP contribution < -0.4 is 5.32 Å². The van der Waals surface area contributed by atoms with Crippen molar-refractivity contribution < 1.29 is 0 Å². The van der Waals surface area contributed by atoms with E-state index >= 15 is 0 Å². The average molecular weight is 468 g/mol. The van der Waals surface area contributed by atoms with Crippen LogP contribution in [0.25, 0.3) is 11.3 Å². The van der Waals surface area contributed by atoms with Gasteiger partial charge in [-0.3, -0.25) is 0 Å². The smallest absolute Gasteiger partial charge is 0.187 e. The maximum absolute atomic E-state index is 4.69. The molecule has 0 amide bonds. The van der Waals surface area contributed by atoms with Gasteiger partial charge in [0, 0.05) is 21.1 Å². The molecule has 0 saturated carbocycles. The highest BCUT2D eigenvalue weighted by Crippen LogP contribution is 2.30. The fourth-order valence-corrected chi connectivity index (χ4v) is 3.43. The summed E-state index contributed by atoms with van der Waals surface area (Å²) in [5.74, 6) is 0. The van der Waals surface area contributed by atoms with Gasteiger partial charge in [0.05, 0.1) is 5.69 Å². The largest absolute Gasteiger partial charge is 0.332 e. The predicted molar refractivity (Wildman–Crippen MR) is 114 cm³/mol. The van der Waals surface area contributed by atoms with E-state index in [-0.39, 0.29) is 22.4 Å². The summed E-state index contributed by atoms with van der Waals surface area (Å²) in [4.78, 5) is 4.69. The Hall–Kier alpha value is -1.17. The normalized spacial score (nSPS) is 11.0. The van der Waals surface area contributed by atoms with Crippen LogP contribution in [0, 0.1) is 0 Å². The van der Waals surface area contributed by atoms with Gasteiger partial charge in [-0.05, 0) is 29.2 Å². The van der Waals surface area contributed by atoms with E-state index in [0.29, 0.717) is 0 Å². The number of anilines is 2. The highest BCUT2D eigenvalue weighted by molar-refractivity contribution is 9.10. The van der Waals surface area contributed by atoms with Crippen molar-refractivity contribution in [1.82, 2.24) is 4.98 Å². The van der Waals surface area contributed by atoms with Crippen molar-refractivity contribution in [3.8, 4) is 11.3 Å².